The van der Waals surface area contributed by atoms with Gasteiger partial charge in [-0.1, -0.05) is 18.2 Å². The van der Waals surface area contributed by atoms with Crippen molar-refractivity contribution in [2.45, 2.75) is 58.5 Å². The number of aryl methyl sites for hydroxylation is 1. The van der Waals surface area contributed by atoms with Crippen molar-refractivity contribution in [1.29, 1.82) is 0 Å². The molecule has 0 aliphatic rings. The molecule has 1 atom stereocenters. The number of nitrogens with one attached hydrogen (secondary N) is 1. The van der Waals surface area contributed by atoms with E-state index < -0.39 is 40.0 Å². The zero-order valence-electron chi connectivity index (χ0n) is 20.4. The van der Waals surface area contributed by atoms with E-state index in [4.69, 9.17) is 4.74 Å². The van der Waals surface area contributed by atoms with E-state index in [1.807, 2.05) is 26.0 Å². The summed E-state index contributed by atoms with van der Waals surface area (Å²) in [6.07, 6.45) is -6.41. The van der Waals surface area contributed by atoms with Gasteiger partial charge in [-0.2, -0.15) is 18.3 Å². The molecule has 1 aromatic heterocycles. The zero-order chi connectivity index (χ0) is 26.7. The minimum atomic E-state index is -4.56. The molecule has 0 aliphatic heterocycles. The summed E-state index contributed by atoms with van der Waals surface area (Å²) in [6, 6.07) is 14.6. The average molecular weight is 528 g/mol. The molecule has 3 aromatic rings. The van der Waals surface area contributed by atoms with E-state index in [1.165, 1.54) is 24.3 Å². The second-order valence-electron chi connectivity index (χ2n) is 8.98. The third kappa shape index (κ3) is 7.30. The lowest BCUT2D eigenvalue weighted by molar-refractivity contribution is -0.130. The third-order valence-electron chi connectivity index (χ3n) is 5.59. The van der Waals surface area contributed by atoms with Crippen LogP contribution in [0.25, 0.3) is 11.3 Å². The smallest absolute Gasteiger partial charge is 0.390 e. The van der Waals surface area contributed by atoms with Gasteiger partial charge in [0.05, 0.1) is 23.4 Å². The molecule has 0 saturated heterocycles. The second-order valence-corrected chi connectivity index (χ2v) is 10.8. The van der Waals surface area contributed by atoms with E-state index >= 15 is 0 Å². The highest BCUT2D eigenvalue weighted by molar-refractivity contribution is 7.89. The molecule has 196 valence electrons. The molecule has 0 radical (unpaired) electrons. The van der Waals surface area contributed by atoms with Crippen molar-refractivity contribution in [1.82, 2.24) is 14.5 Å². The van der Waals surface area contributed by atoms with Crippen molar-refractivity contribution < 1.29 is 30.7 Å². The molecule has 1 N–H and O–H groups in total. The number of hydrogen-bond acceptors (Lipinski definition) is 4. The van der Waals surface area contributed by atoms with Crippen LogP contribution in [0.4, 0.5) is 17.6 Å². The number of nitrogens with zero attached hydrogens (tertiary/aromatic N) is 2. The molecule has 0 amide bonds. The minimum absolute atomic E-state index is 0.363. The van der Waals surface area contributed by atoms with E-state index in [0.29, 0.717) is 23.6 Å². The molecule has 0 spiro atoms. The monoisotopic (exact) mass is 527 g/mol. The SMILES string of the molecule is CCn1nc(C(C)Oc2ccc(F)cc2)cc1-c1cccc(C(C)(C)NS(=O)(=O)CCC(F)(F)F)c1. The number of aromatic nitrogens is 2. The fourth-order valence-corrected chi connectivity index (χ4v) is 5.20. The van der Waals surface area contributed by atoms with Crippen molar-refractivity contribution in [3.63, 3.8) is 0 Å². The van der Waals surface area contributed by atoms with Crippen LogP contribution in [-0.4, -0.2) is 30.1 Å². The summed E-state index contributed by atoms with van der Waals surface area (Å²) in [5.41, 5.74) is 1.59. The molecule has 0 bridgehead atoms. The molecule has 1 heterocycles. The lowest BCUT2D eigenvalue weighted by atomic mass is 9.93. The summed E-state index contributed by atoms with van der Waals surface area (Å²) < 4.78 is 85.4. The Morgan fingerprint density at radius 3 is 2.36 bits per heavy atom. The molecule has 1 unspecified atom stereocenters. The molecule has 11 heteroatoms. The summed E-state index contributed by atoms with van der Waals surface area (Å²) in [4.78, 5) is 0. The Kier molecular flexibility index (Phi) is 8.14. The van der Waals surface area contributed by atoms with Crippen LogP contribution in [0.3, 0.4) is 0 Å². The van der Waals surface area contributed by atoms with Gasteiger partial charge >= 0.3 is 6.18 Å². The van der Waals surface area contributed by atoms with Gasteiger partial charge in [0.1, 0.15) is 23.4 Å². The van der Waals surface area contributed by atoms with Gasteiger partial charge in [-0.05, 0) is 69.7 Å². The Hall–Kier alpha value is -2.92. The highest BCUT2D eigenvalue weighted by Gasteiger charge is 2.33. The van der Waals surface area contributed by atoms with Gasteiger partial charge in [-0.3, -0.25) is 4.68 Å². The van der Waals surface area contributed by atoms with Gasteiger partial charge < -0.3 is 4.74 Å². The van der Waals surface area contributed by atoms with Gasteiger partial charge in [-0.15, -0.1) is 0 Å². The molecule has 3 rings (SSSR count). The second kappa shape index (κ2) is 10.6. The Labute approximate surface area is 208 Å². The van der Waals surface area contributed by atoms with Crippen LogP contribution >= 0.6 is 0 Å². The number of rotatable bonds is 10. The van der Waals surface area contributed by atoms with Crippen LogP contribution in [0, 0.1) is 5.82 Å². The van der Waals surface area contributed by atoms with Gasteiger partial charge in [0.25, 0.3) is 0 Å². The summed E-state index contributed by atoms with van der Waals surface area (Å²) in [6.45, 7) is 7.49. The van der Waals surface area contributed by atoms with Crippen LogP contribution in [0.1, 0.15) is 51.5 Å². The minimum Gasteiger partial charge on any atom is -0.484 e. The first-order valence-electron chi connectivity index (χ1n) is 11.4. The summed E-state index contributed by atoms with van der Waals surface area (Å²) in [5.74, 6) is -0.909. The highest BCUT2D eigenvalue weighted by Crippen LogP contribution is 2.30. The number of ether oxygens (including phenoxy) is 1. The van der Waals surface area contributed by atoms with Crippen molar-refractivity contribution in [3.05, 3.63) is 71.7 Å². The Balaban J connectivity index is 1.84. The zero-order valence-corrected chi connectivity index (χ0v) is 21.3. The van der Waals surface area contributed by atoms with Crippen LogP contribution in [0.2, 0.25) is 0 Å². The van der Waals surface area contributed by atoms with Gasteiger partial charge in [-0.25, -0.2) is 17.5 Å². The van der Waals surface area contributed by atoms with Crippen LogP contribution < -0.4 is 9.46 Å². The predicted molar refractivity (Wildman–Crippen MR) is 129 cm³/mol. The maximum Gasteiger partial charge on any atom is 0.390 e. The van der Waals surface area contributed by atoms with Crippen molar-refractivity contribution in [2.75, 3.05) is 5.75 Å². The van der Waals surface area contributed by atoms with Crippen molar-refractivity contribution in [3.8, 4) is 17.0 Å². The van der Waals surface area contributed by atoms with Crippen LogP contribution in [0.15, 0.2) is 54.6 Å². The molecule has 2 aromatic carbocycles. The molecule has 0 aliphatic carbocycles. The van der Waals surface area contributed by atoms with E-state index in [-0.39, 0.29) is 5.82 Å². The van der Waals surface area contributed by atoms with Crippen LogP contribution in [-0.2, 0) is 22.1 Å². The third-order valence-corrected chi connectivity index (χ3v) is 7.15. The maximum absolute atomic E-state index is 13.2. The van der Waals surface area contributed by atoms with Crippen molar-refractivity contribution in [2.24, 2.45) is 0 Å². The standard InChI is InChI=1S/C25H29F4N3O3S/c1-5-32-23(16-22(30-32)17(2)35-21-11-9-20(26)10-12-21)18-7-6-8-19(15-18)24(3,4)31-36(33,34)14-13-25(27,28)29/h6-12,15-17,31H,5,13-14H2,1-4H3. The topological polar surface area (TPSA) is 73.2 Å². The Morgan fingerprint density at radius 1 is 1.08 bits per heavy atom. The fraction of sp³-hybridized carbons (Fsp3) is 0.400. The number of benzene rings is 2. The van der Waals surface area contributed by atoms with Gasteiger partial charge in [0, 0.05) is 12.1 Å². The molecular formula is C25H29F4N3O3S. The molecule has 0 fully saturated rings. The molecule has 6 nitrogen and oxygen atoms in total. The number of halogens is 4. The van der Waals surface area contributed by atoms with E-state index in [1.54, 1.807) is 36.7 Å². The van der Waals surface area contributed by atoms with E-state index in [0.717, 1.165) is 11.3 Å². The molecular weight excluding hydrogens is 498 g/mol. The molecule has 0 saturated carbocycles. The van der Waals surface area contributed by atoms with Crippen molar-refractivity contribution >= 4 is 10.0 Å². The fourth-order valence-electron chi connectivity index (χ4n) is 3.70. The number of alkyl halides is 3. The first-order valence-corrected chi connectivity index (χ1v) is 13.0. The van der Waals surface area contributed by atoms with E-state index in [9.17, 15) is 26.0 Å². The highest BCUT2D eigenvalue weighted by atomic mass is 32.2. The number of sulfonamides is 1. The average Bonchev–Trinajstić information content (AvgIpc) is 3.23. The normalized spacial score (nSPS) is 13.6. The van der Waals surface area contributed by atoms with E-state index in [2.05, 4.69) is 9.82 Å². The lowest BCUT2D eigenvalue weighted by Crippen LogP contribution is -2.42. The Morgan fingerprint density at radius 2 is 1.75 bits per heavy atom. The predicted octanol–water partition coefficient (Wildman–Crippen LogP) is 5.96. The molecule has 36 heavy (non-hydrogen) atoms. The summed E-state index contributed by atoms with van der Waals surface area (Å²) in [7, 11) is -4.18. The van der Waals surface area contributed by atoms with Gasteiger partial charge in [0.15, 0.2) is 0 Å². The largest absolute Gasteiger partial charge is 0.484 e. The maximum atomic E-state index is 13.2. The Bertz CT molecular complexity index is 1290. The quantitative estimate of drug-likeness (QED) is 0.331. The first-order chi connectivity index (χ1) is 16.7. The first kappa shape index (κ1) is 27.7. The lowest BCUT2D eigenvalue weighted by Gasteiger charge is -2.27. The van der Waals surface area contributed by atoms with Crippen LogP contribution in [0.5, 0.6) is 5.75 Å². The number of hydrogen-bond donors (Lipinski definition) is 1. The van der Waals surface area contributed by atoms with Gasteiger partial charge in [0.2, 0.25) is 10.0 Å². The summed E-state index contributed by atoms with van der Waals surface area (Å²) in [5, 5.41) is 4.62. The summed E-state index contributed by atoms with van der Waals surface area (Å²) >= 11 is 0.